The number of anilines is 1. The van der Waals surface area contributed by atoms with Crippen LogP contribution < -0.4 is 10.6 Å². The fourth-order valence-electron chi connectivity index (χ4n) is 2.58. The zero-order valence-corrected chi connectivity index (χ0v) is 15.5. The number of hydrogen-bond acceptors (Lipinski definition) is 3. The van der Waals surface area contributed by atoms with Crippen LogP contribution in [0.5, 0.6) is 0 Å². The lowest BCUT2D eigenvalue weighted by Gasteiger charge is -2.22. The van der Waals surface area contributed by atoms with Crippen LogP contribution in [0.3, 0.4) is 0 Å². The van der Waals surface area contributed by atoms with Gasteiger partial charge in [-0.25, -0.2) is 0 Å². The van der Waals surface area contributed by atoms with Crippen LogP contribution in [0.4, 0.5) is 5.69 Å². The zero-order valence-electron chi connectivity index (χ0n) is 15.5. The summed E-state index contributed by atoms with van der Waals surface area (Å²) in [7, 11) is 0. The van der Waals surface area contributed by atoms with Gasteiger partial charge in [-0.1, -0.05) is 43.7 Å². The van der Waals surface area contributed by atoms with Gasteiger partial charge < -0.3 is 10.6 Å². The quantitative estimate of drug-likeness (QED) is 0.780. The maximum Gasteiger partial charge on any atom is 0.251 e. The summed E-state index contributed by atoms with van der Waals surface area (Å²) < 4.78 is 0. The van der Waals surface area contributed by atoms with Gasteiger partial charge in [0.2, 0.25) is 5.91 Å². The van der Waals surface area contributed by atoms with Crippen molar-refractivity contribution in [3.63, 3.8) is 0 Å². The first-order valence-electron chi connectivity index (χ1n) is 8.57. The van der Waals surface area contributed by atoms with Gasteiger partial charge in [-0.05, 0) is 44.0 Å². The molecule has 5 nitrogen and oxygen atoms in total. The maximum absolute atomic E-state index is 12.7. The summed E-state index contributed by atoms with van der Waals surface area (Å²) >= 11 is 0. The summed E-state index contributed by atoms with van der Waals surface area (Å²) in [5.41, 5.74) is 2.54. The minimum atomic E-state index is -0.691. The Morgan fingerprint density at radius 3 is 2.19 bits per heavy atom. The molecule has 0 fully saturated rings. The van der Waals surface area contributed by atoms with Crippen molar-refractivity contribution in [1.82, 2.24) is 5.32 Å². The summed E-state index contributed by atoms with van der Waals surface area (Å²) in [5, 5.41) is 5.58. The van der Waals surface area contributed by atoms with Crippen molar-refractivity contribution in [2.75, 3.05) is 5.32 Å². The number of Topliss-reactive ketones (excluding diaryl/α,β-unsaturated/α-hetero) is 1. The van der Waals surface area contributed by atoms with Gasteiger partial charge in [0.15, 0.2) is 5.78 Å². The molecule has 0 aromatic heterocycles. The Hall–Kier alpha value is -2.95. The number of ketones is 1. The van der Waals surface area contributed by atoms with Gasteiger partial charge in [0.05, 0.1) is 0 Å². The van der Waals surface area contributed by atoms with Crippen LogP contribution in [0.15, 0.2) is 48.5 Å². The van der Waals surface area contributed by atoms with Crippen LogP contribution in [-0.2, 0) is 4.79 Å². The highest BCUT2D eigenvalue weighted by molar-refractivity contribution is 6.02. The highest BCUT2D eigenvalue weighted by Gasteiger charge is 2.25. The largest absolute Gasteiger partial charge is 0.340 e. The van der Waals surface area contributed by atoms with Gasteiger partial charge in [-0.15, -0.1) is 0 Å². The second kappa shape index (κ2) is 8.43. The highest BCUT2D eigenvalue weighted by Crippen LogP contribution is 2.14. The Morgan fingerprint density at radius 2 is 1.58 bits per heavy atom. The average Bonchev–Trinajstić information content (AvgIpc) is 2.59. The number of aryl methyl sites for hydroxylation is 1. The van der Waals surface area contributed by atoms with Gasteiger partial charge in [-0.3, -0.25) is 14.4 Å². The second-order valence-electron chi connectivity index (χ2n) is 6.69. The van der Waals surface area contributed by atoms with Crippen molar-refractivity contribution in [2.24, 2.45) is 5.92 Å². The van der Waals surface area contributed by atoms with Gasteiger partial charge in [0.1, 0.15) is 6.04 Å². The first-order chi connectivity index (χ1) is 12.3. The lowest BCUT2D eigenvalue weighted by Crippen LogP contribution is -2.47. The van der Waals surface area contributed by atoms with E-state index in [0.29, 0.717) is 16.8 Å². The van der Waals surface area contributed by atoms with E-state index in [1.807, 2.05) is 32.9 Å². The lowest BCUT2D eigenvalue weighted by molar-refractivity contribution is -0.118. The van der Waals surface area contributed by atoms with Crippen LogP contribution in [0.2, 0.25) is 0 Å². The standard InChI is InChI=1S/C21H24N2O3/c1-13(2)19(23-20(25)17-9-5-7-14(3)11-17)21(26)22-18-10-6-8-16(12-18)15(4)24/h5-13,19H,1-4H3,(H,22,26)(H,23,25)/t19-/m0/s1. The van der Waals surface area contributed by atoms with Crippen molar-refractivity contribution in [2.45, 2.75) is 33.7 Å². The molecular formula is C21H24N2O3. The number of nitrogens with one attached hydrogen (secondary N) is 2. The molecule has 2 aromatic rings. The molecule has 2 aromatic carbocycles. The third kappa shape index (κ3) is 5.02. The van der Waals surface area contributed by atoms with Crippen molar-refractivity contribution in [3.8, 4) is 0 Å². The molecule has 0 aliphatic heterocycles. The number of carbonyl (C=O) groups is 3. The van der Waals surface area contributed by atoms with E-state index in [-0.39, 0.29) is 23.5 Å². The molecule has 26 heavy (non-hydrogen) atoms. The molecule has 1 atom stereocenters. The van der Waals surface area contributed by atoms with E-state index in [0.717, 1.165) is 5.56 Å². The molecule has 2 N–H and O–H groups in total. The van der Waals surface area contributed by atoms with Crippen molar-refractivity contribution < 1.29 is 14.4 Å². The molecule has 0 aliphatic carbocycles. The SMILES string of the molecule is CC(=O)c1cccc(NC(=O)[C@@H](NC(=O)c2cccc(C)c2)C(C)C)c1. The smallest absolute Gasteiger partial charge is 0.251 e. The molecule has 0 saturated heterocycles. The molecule has 0 heterocycles. The molecule has 5 heteroatoms. The monoisotopic (exact) mass is 352 g/mol. The third-order valence-electron chi connectivity index (χ3n) is 4.05. The number of hydrogen-bond donors (Lipinski definition) is 2. The number of carbonyl (C=O) groups excluding carboxylic acids is 3. The molecule has 0 aliphatic rings. The molecule has 0 bridgehead atoms. The van der Waals surface area contributed by atoms with Crippen LogP contribution in [0.1, 0.15) is 47.1 Å². The zero-order chi connectivity index (χ0) is 19.3. The molecule has 0 radical (unpaired) electrons. The fourth-order valence-corrected chi connectivity index (χ4v) is 2.58. The Balaban J connectivity index is 2.13. The molecule has 2 rings (SSSR count). The number of benzene rings is 2. The number of amides is 2. The summed E-state index contributed by atoms with van der Waals surface area (Å²) in [4.78, 5) is 36.6. The predicted molar refractivity (Wildman–Crippen MR) is 102 cm³/mol. The molecule has 0 unspecified atom stereocenters. The van der Waals surface area contributed by atoms with E-state index in [4.69, 9.17) is 0 Å². The van der Waals surface area contributed by atoms with E-state index in [1.54, 1.807) is 36.4 Å². The lowest BCUT2D eigenvalue weighted by atomic mass is 10.0. The van der Waals surface area contributed by atoms with Gasteiger partial charge in [-0.2, -0.15) is 0 Å². The van der Waals surface area contributed by atoms with Gasteiger partial charge >= 0.3 is 0 Å². The summed E-state index contributed by atoms with van der Waals surface area (Å²) in [6, 6.07) is 13.3. The van der Waals surface area contributed by atoms with Gasteiger partial charge in [0.25, 0.3) is 5.91 Å². The minimum absolute atomic E-state index is 0.0748. The Bertz CT molecular complexity index is 828. The first kappa shape index (κ1) is 19.4. The third-order valence-corrected chi connectivity index (χ3v) is 4.05. The summed E-state index contributed by atoms with van der Waals surface area (Å²) in [5.74, 6) is -0.782. The molecule has 2 amide bonds. The van der Waals surface area contributed by atoms with Crippen LogP contribution in [-0.4, -0.2) is 23.6 Å². The normalized spacial score (nSPS) is 11.7. The van der Waals surface area contributed by atoms with Crippen LogP contribution in [0, 0.1) is 12.8 Å². The van der Waals surface area contributed by atoms with E-state index < -0.39 is 6.04 Å². The fraction of sp³-hybridized carbons (Fsp3) is 0.286. The highest BCUT2D eigenvalue weighted by atomic mass is 16.2. The Kier molecular flexibility index (Phi) is 6.28. The Morgan fingerprint density at radius 1 is 0.923 bits per heavy atom. The Labute approximate surface area is 153 Å². The topological polar surface area (TPSA) is 75.3 Å². The molecule has 0 spiro atoms. The molecule has 136 valence electrons. The number of rotatable bonds is 6. The second-order valence-corrected chi connectivity index (χ2v) is 6.69. The van der Waals surface area contributed by atoms with E-state index >= 15 is 0 Å². The van der Waals surface area contributed by atoms with Crippen molar-refractivity contribution >= 4 is 23.3 Å². The van der Waals surface area contributed by atoms with Crippen LogP contribution in [0.25, 0.3) is 0 Å². The summed E-state index contributed by atoms with van der Waals surface area (Å²) in [6.45, 7) is 7.12. The molecular weight excluding hydrogens is 328 g/mol. The minimum Gasteiger partial charge on any atom is -0.340 e. The molecule has 0 saturated carbocycles. The summed E-state index contributed by atoms with van der Waals surface area (Å²) in [6.07, 6.45) is 0. The maximum atomic E-state index is 12.7. The van der Waals surface area contributed by atoms with Crippen molar-refractivity contribution in [3.05, 3.63) is 65.2 Å². The van der Waals surface area contributed by atoms with E-state index in [1.165, 1.54) is 6.92 Å². The van der Waals surface area contributed by atoms with E-state index in [2.05, 4.69) is 10.6 Å². The van der Waals surface area contributed by atoms with Crippen molar-refractivity contribution in [1.29, 1.82) is 0 Å². The van der Waals surface area contributed by atoms with E-state index in [9.17, 15) is 14.4 Å². The van der Waals surface area contributed by atoms with Gasteiger partial charge in [0, 0.05) is 16.8 Å². The average molecular weight is 352 g/mol. The predicted octanol–water partition coefficient (Wildman–Crippen LogP) is 3.59. The van der Waals surface area contributed by atoms with Crippen LogP contribution >= 0.6 is 0 Å². The first-order valence-corrected chi connectivity index (χ1v) is 8.57.